The van der Waals surface area contributed by atoms with Gasteiger partial charge in [0.15, 0.2) is 0 Å². The first-order valence-corrected chi connectivity index (χ1v) is 11.5. The molecule has 2 fully saturated rings. The molecule has 9 heteroatoms. The third-order valence-electron chi connectivity index (χ3n) is 6.55. The summed E-state index contributed by atoms with van der Waals surface area (Å²) in [5.41, 5.74) is 3.50. The second-order valence-corrected chi connectivity index (χ2v) is 8.52. The van der Waals surface area contributed by atoms with Gasteiger partial charge in [0.2, 0.25) is 0 Å². The summed E-state index contributed by atoms with van der Waals surface area (Å²) in [5, 5.41) is 11.9. The fourth-order valence-corrected chi connectivity index (χ4v) is 4.60. The molecular formula is C24H29N5O4. The molecule has 0 saturated carbocycles. The maximum atomic E-state index is 12.0. The number of nitrogens with zero attached hydrogens (tertiary/aromatic N) is 4. The minimum absolute atomic E-state index is 0.249. The summed E-state index contributed by atoms with van der Waals surface area (Å²) >= 11 is 0. The molecule has 0 atom stereocenters. The van der Waals surface area contributed by atoms with E-state index >= 15 is 0 Å². The Labute approximate surface area is 192 Å². The Morgan fingerprint density at radius 1 is 1.18 bits per heavy atom. The van der Waals surface area contributed by atoms with Crippen LogP contribution in [0.3, 0.4) is 0 Å². The molecular weight excluding hydrogens is 422 g/mol. The van der Waals surface area contributed by atoms with Gasteiger partial charge in [0.05, 0.1) is 23.6 Å². The molecule has 3 aromatic heterocycles. The number of carbonyl (C=O) groups is 1. The number of hydrogen-bond donors (Lipinski definition) is 2. The maximum Gasteiger partial charge on any atom is 0.409 e. The highest BCUT2D eigenvalue weighted by Gasteiger charge is 2.32. The van der Waals surface area contributed by atoms with Gasteiger partial charge in [-0.2, -0.15) is 0 Å². The van der Waals surface area contributed by atoms with Crippen LogP contribution >= 0.6 is 0 Å². The van der Waals surface area contributed by atoms with E-state index in [1.54, 1.807) is 17.3 Å². The summed E-state index contributed by atoms with van der Waals surface area (Å²) in [4.78, 5) is 28.5. The van der Waals surface area contributed by atoms with E-state index in [0.29, 0.717) is 45.8 Å². The number of aromatic amines is 1. The summed E-state index contributed by atoms with van der Waals surface area (Å²) < 4.78 is 10.5. The van der Waals surface area contributed by atoms with Crippen LogP contribution in [0.25, 0.3) is 22.4 Å². The van der Waals surface area contributed by atoms with Crippen molar-refractivity contribution in [3.8, 4) is 11.4 Å². The van der Waals surface area contributed by atoms with E-state index in [2.05, 4.69) is 25.9 Å². The van der Waals surface area contributed by atoms with Gasteiger partial charge in [-0.05, 0) is 25.1 Å². The Morgan fingerprint density at radius 3 is 2.67 bits per heavy atom. The van der Waals surface area contributed by atoms with E-state index in [1.807, 2.05) is 25.1 Å². The SMILES string of the molecule is CCOC(=O)N1CCN(c2ccnc3[nH]c(-c4ccc(C5(O)CCOCC5)cn4)cc23)CC1. The van der Waals surface area contributed by atoms with Crippen LogP contribution in [0.5, 0.6) is 0 Å². The van der Waals surface area contributed by atoms with Gasteiger partial charge in [-0.3, -0.25) is 4.98 Å². The van der Waals surface area contributed by atoms with Crippen molar-refractivity contribution in [2.45, 2.75) is 25.4 Å². The van der Waals surface area contributed by atoms with E-state index in [0.717, 1.165) is 46.8 Å². The molecule has 2 N–H and O–H groups in total. The number of hydrogen-bond acceptors (Lipinski definition) is 7. The van der Waals surface area contributed by atoms with Gasteiger partial charge in [-0.1, -0.05) is 6.07 Å². The van der Waals surface area contributed by atoms with E-state index in [9.17, 15) is 9.90 Å². The van der Waals surface area contributed by atoms with Crippen LogP contribution in [-0.2, 0) is 15.1 Å². The molecule has 0 aliphatic carbocycles. The molecule has 2 saturated heterocycles. The fourth-order valence-electron chi connectivity index (χ4n) is 4.60. The Morgan fingerprint density at radius 2 is 1.97 bits per heavy atom. The van der Waals surface area contributed by atoms with Crippen LogP contribution in [-0.4, -0.2) is 77.1 Å². The zero-order chi connectivity index (χ0) is 22.8. The number of nitrogens with one attached hydrogen (secondary N) is 1. The Kier molecular flexibility index (Phi) is 5.90. The molecule has 174 valence electrons. The monoisotopic (exact) mass is 451 g/mol. The predicted molar refractivity (Wildman–Crippen MR) is 124 cm³/mol. The number of rotatable bonds is 4. The van der Waals surface area contributed by atoms with Crippen molar-refractivity contribution >= 4 is 22.8 Å². The van der Waals surface area contributed by atoms with Crippen LogP contribution in [0.4, 0.5) is 10.5 Å². The lowest BCUT2D eigenvalue weighted by molar-refractivity contribution is -0.0680. The predicted octanol–water partition coefficient (Wildman–Crippen LogP) is 2.90. The van der Waals surface area contributed by atoms with Gasteiger partial charge in [-0.25, -0.2) is 9.78 Å². The summed E-state index contributed by atoms with van der Waals surface area (Å²) in [6.45, 7) is 6.03. The Hall–Kier alpha value is -3.17. The van der Waals surface area contributed by atoms with Crippen LogP contribution in [0.2, 0.25) is 0 Å². The molecule has 2 aliphatic rings. The van der Waals surface area contributed by atoms with E-state index < -0.39 is 5.60 Å². The van der Waals surface area contributed by atoms with Crippen molar-refractivity contribution in [3.63, 3.8) is 0 Å². The standard InChI is InChI=1S/C24H29N5O4/c1-2-33-23(30)29-11-9-28(10-12-29)21-5-8-25-22-18(21)15-20(27-22)19-4-3-17(16-26-19)24(31)6-13-32-14-7-24/h3-5,8,15-16,31H,2,6-7,9-14H2,1H3,(H,25,27). The lowest BCUT2D eigenvalue weighted by Crippen LogP contribution is -2.49. The zero-order valence-corrected chi connectivity index (χ0v) is 18.8. The minimum Gasteiger partial charge on any atom is -0.450 e. The topological polar surface area (TPSA) is 104 Å². The third kappa shape index (κ3) is 4.26. The van der Waals surface area contributed by atoms with Crippen LogP contribution in [0, 0.1) is 0 Å². The second-order valence-electron chi connectivity index (χ2n) is 8.52. The molecule has 1 amide bonds. The maximum absolute atomic E-state index is 12.0. The minimum atomic E-state index is -0.870. The Bertz CT molecular complexity index is 1120. The first-order valence-electron chi connectivity index (χ1n) is 11.5. The van der Waals surface area contributed by atoms with Crippen molar-refractivity contribution in [2.24, 2.45) is 0 Å². The molecule has 5 heterocycles. The first-order chi connectivity index (χ1) is 16.1. The lowest BCUT2D eigenvalue weighted by atomic mass is 9.87. The molecule has 0 aromatic carbocycles. The molecule has 0 radical (unpaired) electrons. The number of H-pyrrole nitrogens is 1. The number of aromatic nitrogens is 3. The molecule has 0 spiro atoms. The molecule has 5 rings (SSSR count). The number of aliphatic hydroxyl groups is 1. The van der Waals surface area contributed by atoms with Crippen molar-refractivity contribution < 1.29 is 19.4 Å². The second kappa shape index (κ2) is 8.99. The summed E-state index contributed by atoms with van der Waals surface area (Å²) in [6.07, 6.45) is 4.47. The van der Waals surface area contributed by atoms with Crippen molar-refractivity contribution in [1.82, 2.24) is 19.9 Å². The number of amides is 1. The van der Waals surface area contributed by atoms with Gasteiger partial charge in [0.1, 0.15) is 5.65 Å². The summed E-state index contributed by atoms with van der Waals surface area (Å²) in [7, 11) is 0. The molecule has 33 heavy (non-hydrogen) atoms. The van der Waals surface area contributed by atoms with Crippen molar-refractivity contribution in [3.05, 3.63) is 42.2 Å². The molecule has 0 bridgehead atoms. The van der Waals surface area contributed by atoms with Crippen molar-refractivity contribution in [1.29, 1.82) is 0 Å². The fraction of sp³-hybridized carbons (Fsp3) is 0.458. The number of piperazine rings is 1. The molecule has 3 aromatic rings. The lowest BCUT2D eigenvalue weighted by Gasteiger charge is -2.35. The average molecular weight is 452 g/mol. The van der Waals surface area contributed by atoms with E-state index in [-0.39, 0.29) is 6.09 Å². The Balaban J connectivity index is 1.36. The largest absolute Gasteiger partial charge is 0.450 e. The van der Waals surface area contributed by atoms with E-state index in [1.165, 1.54) is 0 Å². The molecule has 9 nitrogen and oxygen atoms in total. The van der Waals surface area contributed by atoms with Gasteiger partial charge < -0.3 is 29.4 Å². The number of pyridine rings is 2. The normalized spacial score (nSPS) is 18.5. The van der Waals surface area contributed by atoms with Crippen molar-refractivity contribution in [2.75, 3.05) is 50.9 Å². The number of ether oxygens (including phenoxy) is 2. The smallest absolute Gasteiger partial charge is 0.409 e. The summed E-state index contributed by atoms with van der Waals surface area (Å²) in [6, 6.07) is 7.96. The highest BCUT2D eigenvalue weighted by atomic mass is 16.6. The van der Waals surface area contributed by atoms with Gasteiger partial charge in [0.25, 0.3) is 0 Å². The highest BCUT2D eigenvalue weighted by molar-refractivity contribution is 5.93. The third-order valence-corrected chi connectivity index (χ3v) is 6.55. The first kappa shape index (κ1) is 21.7. The van der Waals surface area contributed by atoms with E-state index in [4.69, 9.17) is 9.47 Å². The summed E-state index contributed by atoms with van der Waals surface area (Å²) in [5.74, 6) is 0. The number of fused-ring (bicyclic) bond motifs is 1. The number of carbonyl (C=O) groups excluding carboxylic acids is 1. The molecule has 2 aliphatic heterocycles. The number of anilines is 1. The van der Waals surface area contributed by atoms with Gasteiger partial charge in [0, 0.05) is 81.3 Å². The molecule has 0 unspecified atom stereocenters. The van der Waals surface area contributed by atoms with Gasteiger partial charge >= 0.3 is 6.09 Å². The van der Waals surface area contributed by atoms with Crippen LogP contribution < -0.4 is 4.90 Å². The quantitative estimate of drug-likeness (QED) is 0.629. The van der Waals surface area contributed by atoms with Crippen LogP contribution in [0.15, 0.2) is 36.7 Å². The zero-order valence-electron chi connectivity index (χ0n) is 18.8. The van der Waals surface area contributed by atoms with Crippen LogP contribution in [0.1, 0.15) is 25.3 Å². The van der Waals surface area contributed by atoms with Gasteiger partial charge in [-0.15, -0.1) is 0 Å². The highest BCUT2D eigenvalue weighted by Crippen LogP contribution is 2.34. The average Bonchev–Trinajstić information content (AvgIpc) is 3.29.